The first-order valence-electron chi connectivity index (χ1n) is 8.43. The number of aromatic amines is 1. The normalized spacial score (nSPS) is 12.0. The number of benzene rings is 1. The minimum atomic E-state index is 0.179. The van der Waals surface area contributed by atoms with Gasteiger partial charge in [0, 0.05) is 41.5 Å². The Labute approximate surface area is 146 Å². The van der Waals surface area contributed by atoms with Crippen molar-refractivity contribution in [2.24, 2.45) is 5.41 Å². The summed E-state index contributed by atoms with van der Waals surface area (Å²) in [5.41, 5.74) is 4.25. The maximum Gasteiger partial charge on any atom is 0.224 e. The second-order valence-corrected chi connectivity index (χ2v) is 7.48. The molecule has 5 nitrogen and oxygen atoms in total. The van der Waals surface area contributed by atoms with Crippen molar-refractivity contribution in [2.45, 2.75) is 20.8 Å². The van der Waals surface area contributed by atoms with E-state index in [4.69, 9.17) is 0 Å². The van der Waals surface area contributed by atoms with Crippen LogP contribution in [0.1, 0.15) is 20.8 Å². The summed E-state index contributed by atoms with van der Waals surface area (Å²) in [6.45, 7) is 7.36. The van der Waals surface area contributed by atoms with Gasteiger partial charge in [0.1, 0.15) is 5.65 Å². The number of nitrogens with zero attached hydrogens (tertiary/aromatic N) is 3. The third kappa shape index (κ3) is 3.18. The van der Waals surface area contributed by atoms with Gasteiger partial charge in [-0.25, -0.2) is 4.98 Å². The fourth-order valence-corrected chi connectivity index (χ4v) is 2.82. The SMILES string of the molecule is CC(C)(C)CNc1ncc2c(-c3ccc4ncccc4c3)c[nH]c2n1. The zero-order chi connectivity index (χ0) is 17.4. The predicted molar refractivity (Wildman–Crippen MR) is 103 cm³/mol. The Morgan fingerprint density at radius 2 is 2.00 bits per heavy atom. The molecular weight excluding hydrogens is 310 g/mol. The van der Waals surface area contributed by atoms with E-state index < -0.39 is 0 Å². The Morgan fingerprint density at radius 1 is 1.12 bits per heavy atom. The zero-order valence-corrected chi connectivity index (χ0v) is 14.7. The Bertz CT molecular complexity index is 1040. The van der Waals surface area contributed by atoms with Crippen molar-refractivity contribution in [1.29, 1.82) is 0 Å². The fraction of sp³-hybridized carbons (Fsp3) is 0.250. The topological polar surface area (TPSA) is 66.5 Å². The van der Waals surface area contributed by atoms with Crippen molar-refractivity contribution in [3.8, 4) is 11.1 Å². The summed E-state index contributed by atoms with van der Waals surface area (Å²) < 4.78 is 0. The minimum Gasteiger partial charge on any atom is -0.354 e. The summed E-state index contributed by atoms with van der Waals surface area (Å²) in [5, 5.41) is 5.44. The molecule has 1 aromatic carbocycles. The van der Waals surface area contributed by atoms with Crippen molar-refractivity contribution < 1.29 is 0 Å². The summed E-state index contributed by atoms with van der Waals surface area (Å²) in [6, 6.07) is 10.3. The maximum atomic E-state index is 4.60. The minimum absolute atomic E-state index is 0.179. The van der Waals surface area contributed by atoms with Crippen LogP contribution >= 0.6 is 0 Å². The molecule has 0 radical (unpaired) electrons. The van der Waals surface area contributed by atoms with Crippen LogP contribution in [0.4, 0.5) is 5.95 Å². The van der Waals surface area contributed by atoms with Crippen molar-refractivity contribution in [2.75, 3.05) is 11.9 Å². The lowest BCUT2D eigenvalue weighted by Gasteiger charge is -2.18. The van der Waals surface area contributed by atoms with Gasteiger partial charge >= 0.3 is 0 Å². The largest absolute Gasteiger partial charge is 0.354 e. The number of H-pyrrole nitrogens is 1. The van der Waals surface area contributed by atoms with Crippen molar-refractivity contribution >= 4 is 27.9 Å². The van der Waals surface area contributed by atoms with Gasteiger partial charge in [0.15, 0.2) is 0 Å². The van der Waals surface area contributed by atoms with E-state index in [1.807, 2.05) is 30.7 Å². The summed E-state index contributed by atoms with van der Waals surface area (Å²) >= 11 is 0. The molecule has 126 valence electrons. The molecule has 0 atom stereocenters. The van der Waals surface area contributed by atoms with Crippen molar-refractivity contribution in [3.63, 3.8) is 0 Å². The third-order valence-corrected chi connectivity index (χ3v) is 4.12. The Kier molecular flexibility index (Phi) is 3.64. The van der Waals surface area contributed by atoms with Crippen LogP contribution in [0.5, 0.6) is 0 Å². The number of rotatable bonds is 3. The third-order valence-electron chi connectivity index (χ3n) is 4.12. The van der Waals surface area contributed by atoms with E-state index in [0.717, 1.165) is 39.6 Å². The summed E-state index contributed by atoms with van der Waals surface area (Å²) in [7, 11) is 0. The highest BCUT2D eigenvalue weighted by molar-refractivity contribution is 5.96. The molecule has 0 unspecified atom stereocenters. The monoisotopic (exact) mass is 331 g/mol. The molecule has 2 N–H and O–H groups in total. The van der Waals surface area contributed by atoms with E-state index in [0.29, 0.717) is 5.95 Å². The Hall–Kier alpha value is -2.95. The van der Waals surface area contributed by atoms with E-state index >= 15 is 0 Å². The van der Waals surface area contributed by atoms with E-state index in [1.54, 1.807) is 0 Å². The molecule has 3 aromatic heterocycles. The van der Waals surface area contributed by atoms with Gasteiger partial charge in [-0.2, -0.15) is 4.98 Å². The second kappa shape index (κ2) is 5.84. The highest BCUT2D eigenvalue weighted by Crippen LogP contribution is 2.29. The first-order valence-corrected chi connectivity index (χ1v) is 8.43. The lowest BCUT2D eigenvalue weighted by Crippen LogP contribution is -2.20. The fourth-order valence-electron chi connectivity index (χ4n) is 2.82. The van der Waals surface area contributed by atoms with Crippen LogP contribution in [0.25, 0.3) is 33.1 Å². The predicted octanol–water partition coefficient (Wildman–Crippen LogP) is 4.63. The molecular formula is C20H21N5. The lowest BCUT2D eigenvalue weighted by atomic mass is 9.97. The summed E-state index contributed by atoms with van der Waals surface area (Å²) in [5.74, 6) is 0.651. The van der Waals surface area contributed by atoms with E-state index in [2.05, 4.69) is 64.2 Å². The second-order valence-electron chi connectivity index (χ2n) is 7.48. The van der Waals surface area contributed by atoms with Crippen LogP contribution in [0.15, 0.2) is 48.9 Å². The van der Waals surface area contributed by atoms with Crippen LogP contribution in [-0.4, -0.2) is 26.5 Å². The van der Waals surface area contributed by atoms with Gasteiger partial charge in [-0.15, -0.1) is 0 Å². The smallest absolute Gasteiger partial charge is 0.224 e. The molecule has 4 rings (SSSR count). The molecule has 3 heterocycles. The molecule has 0 spiro atoms. The summed E-state index contributed by atoms with van der Waals surface area (Å²) in [6.07, 6.45) is 5.69. The van der Waals surface area contributed by atoms with Crippen molar-refractivity contribution in [1.82, 2.24) is 19.9 Å². The number of anilines is 1. The number of aromatic nitrogens is 4. The molecule has 0 bridgehead atoms. The molecule has 25 heavy (non-hydrogen) atoms. The molecule has 0 aliphatic carbocycles. The van der Waals surface area contributed by atoms with Crippen LogP contribution < -0.4 is 5.32 Å². The molecule has 0 saturated carbocycles. The number of pyridine rings is 1. The highest BCUT2D eigenvalue weighted by atomic mass is 15.1. The summed E-state index contributed by atoms with van der Waals surface area (Å²) in [4.78, 5) is 16.7. The van der Waals surface area contributed by atoms with E-state index in [1.165, 1.54) is 0 Å². The molecule has 0 amide bonds. The van der Waals surface area contributed by atoms with Gasteiger partial charge in [0.25, 0.3) is 0 Å². The standard InChI is InChI=1S/C20H21N5/c1-20(2,3)12-24-19-23-11-16-15(10-22-18(16)25-19)13-6-7-17-14(9-13)5-4-8-21-17/h4-11H,12H2,1-3H3,(H2,22,23,24,25). The number of nitrogens with one attached hydrogen (secondary N) is 2. The van der Waals surface area contributed by atoms with Crippen molar-refractivity contribution in [3.05, 3.63) is 48.9 Å². The average molecular weight is 331 g/mol. The maximum absolute atomic E-state index is 4.60. The van der Waals surface area contributed by atoms with E-state index in [-0.39, 0.29) is 5.41 Å². The van der Waals surface area contributed by atoms with Gasteiger partial charge in [-0.1, -0.05) is 32.9 Å². The van der Waals surface area contributed by atoms with Crippen LogP contribution in [-0.2, 0) is 0 Å². The van der Waals surface area contributed by atoms with Gasteiger partial charge in [0.2, 0.25) is 5.95 Å². The Balaban J connectivity index is 1.70. The number of hydrogen-bond donors (Lipinski definition) is 2. The quantitative estimate of drug-likeness (QED) is 0.574. The number of hydrogen-bond acceptors (Lipinski definition) is 4. The molecule has 0 fully saturated rings. The number of fused-ring (bicyclic) bond motifs is 2. The van der Waals surface area contributed by atoms with Gasteiger partial charge in [0.05, 0.1) is 5.52 Å². The van der Waals surface area contributed by atoms with Crippen LogP contribution in [0.2, 0.25) is 0 Å². The molecule has 0 saturated heterocycles. The highest BCUT2D eigenvalue weighted by Gasteiger charge is 2.12. The van der Waals surface area contributed by atoms with Crippen LogP contribution in [0, 0.1) is 5.41 Å². The molecule has 4 aromatic rings. The van der Waals surface area contributed by atoms with Crippen LogP contribution in [0.3, 0.4) is 0 Å². The lowest BCUT2D eigenvalue weighted by molar-refractivity contribution is 0.442. The average Bonchev–Trinajstić information content (AvgIpc) is 3.02. The first kappa shape index (κ1) is 15.6. The zero-order valence-electron chi connectivity index (χ0n) is 14.7. The van der Waals surface area contributed by atoms with Gasteiger partial charge in [-0.3, -0.25) is 4.98 Å². The molecule has 0 aliphatic rings. The van der Waals surface area contributed by atoms with Gasteiger partial charge < -0.3 is 10.3 Å². The molecule has 5 heteroatoms. The van der Waals surface area contributed by atoms with E-state index in [9.17, 15) is 0 Å². The Morgan fingerprint density at radius 3 is 2.84 bits per heavy atom. The first-order chi connectivity index (χ1) is 12.0. The van der Waals surface area contributed by atoms with Gasteiger partial charge in [-0.05, 0) is 29.2 Å². The molecule has 0 aliphatic heterocycles.